The second-order valence-electron chi connectivity index (χ2n) is 4.61. The fourth-order valence-electron chi connectivity index (χ4n) is 2.48. The van der Waals surface area contributed by atoms with Crippen molar-refractivity contribution in [3.63, 3.8) is 0 Å². The van der Waals surface area contributed by atoms with Crippen LogP contribution >= 0.6 is 0 Å². The third kappa shape index (κ3) is 2.26. The highest BCUT2D eigenvalue weighted by molar-refractivity contribution is 4.97. The van der Waals surface area contributed by atoms with Crippen LogP contribution in [0, 0.1) is 6.92 Å². The van der Waals surface area contributed by atoms with Crippen LogP contribution < -0.4 is 11.2 Å². The van der Waals surface area contributed by atoms with Crippen LogP contribution in [-0.2, 0) is 0 Å². The number of rotatable bonds is 1. The normalized spacial score (nSPS) is 18.3. The zero-order valence-corrected chi connectivity index (χ0v) is 9.66. The quantitative estimate of drug-likeness (QED) is 0.736. The molecule has 16 heavy (non-hydrogen) atoms. The monoisotopic (exact) mass is 222 g/mol. The lowest BCUT2D eigenvalue weighted by molar-refractivity contribution is 0.414. The highest BCUT2D eigenvalue weighted by Gasteiger charge is 2.17. The van der Waals surface area contributed by atoms with Gasteiger partial charge >= 0.3 is 5.69 Å². The lowest BCUT2D eigenvalue weighted by Crippen LogP contribution is -2.38. The summed E-state index contributed by atoms with van der Waals surface area (Å²) in [5.74, 6) is 0. The molecule has 1 heterocycles. The first-order valence-electron chi connectivity index (χ1n) is 6.01. The van der Waals surface area contributed by atoms with Gasteiger partial charge in [0.05, 0.1) is 0 Å². The van der Waals surface area contributed by atoms with Gasteiger partial charge in [-0.05, 0) is 19.8 Å². The van der Waals surface area contributed by atoms with E-state index in [0.717, 1.165) is 25.7 Å². The van der Waals surface area contributed by atoms with Crippen molar-refractivity contribution in [2.45, 2.75) is 51.5 Å². The van der Waals surface area contributed by atoms with Gasteiger partial charge in [0.25, 0.3) is 5.56 Å². The summed E-state index contributed by atoms with van der Waals surface area (Å²) in [5, 5.41) is 0. The summed E-state index contributed by atoms with van der Waals surface area (Å²) in [5.41, 5.74) is 0.227. The Hall–Kier alpha value is -1.32. The molecule has 0 aliphatic heterocycles. The minimum absolute atomic E-state index is 0.0966. The Balaban J connectivity index is 2.39. The SMILES string of the molecule is Cc1cc(=O)n(C2CCCCCC2)c(=O)[nH]1. The van der Waals surface area contributed by atoms with Gasteiger partial charge in [-0.2, -0.15) is 0 Å². The number of aromatic amines is 1. The van der Waals surface area contributed by atoms with Gasteiger partial charge in [-0.3, -0.25) is 9.36 Å². The molecule has 1 aliphatic carbocycles. The molecule has 0 radical (unpaired) electrons. The molecule has 88 valence electrons. The summed E-state index contributed by atoms with van der Waals surface area (Å²) in [4.78, 5) is 26.3. The van der Waals surface area contributed by atoms with Gasteiger partial charge in [-0.15, -0.1) is 0 Å². The summed E-state index contributed by atoms with van der Waals surface area (Å²) in [7, 11) is 0. The maximum atomic E-state index is 11.8. The fourth-order valence-corrected chi connectivity index (χ4v) is 2.48. The molecule has 0 aromatic carbocycles. The second kappa shape index (κ2) is 4.68. The van der Waals surface area contributed by atoms with Crippen LogP contribution in [-0.4, -0.2) is 9.55 Å². The Bertz CT molecular complexity index is 433. The molecule has 0 amide bonds. The Morgan fingerprint density at radius 1 is 1.19 bits per heavy atom. The molecule has 0 unspecified atom stereocenters. The third-order valence-corrected chi connectivity index (χ3v) is 3.29. The van der Waals surface area contributed by atoms with Crippen molar-refractivity contribution in [3.05, 3.63) is 32.6 Å². The summed E-state index contributed by atoms with van der Waals surface area (Å²) >= 11 is 0. The predicted molar refractivity (Wildman–Crippen MR) is 62.8 cm³/mol. The van der Waals surface area contributed by atoms with E-state index in [1.807, 2.05) is 0 Å². The molecule has 0 saturated heterocycles. The van der Waals surface area contributed by atoms with Crippen molar-refractivity contribution in [2.24, 2.45) is 0 Å². The van der Waals surface area contributed by atoms with Crippen LogP contribution in [0.2, 0.25) is 0 Å². The highest BCUT2D eigenvalue weighted by atomic mass is 16.2. The molecular weight excluding hydrogens is 204 g/mol. The van der Waals surface area contributed by atoms with Gasteiger partial charge in [-0.1, -0.05) is 25.7 Å². The highest BCUT2D eigenvalue weighted by Crippen LogP contribution is 2.24. The standard InChI is InChI=1S/C12H18N2O2/c1-9-8-11(15)14(12(16)13-9)10-6-4-2-3-5-7-10/h8,10H,2-7H2,1H3,(H,13,16). The smallest absolute Gasteiger partial charge is 0.311 e. The number of aryl methyl sites for hydroxylation is 1. The number of hydrogen-bond acceptors (Lipinski definition) is 2. The summed E-state index contributed by atoms with van der Waals surface area (Å²) in [6, 6.07) is 1.60. The fraction of sp³-hybridized carbons (Fsp3) is 0.667. The molecule has 1 aromatic heterocycles. The minimum Gasteiger partial charge on any atom is -0.311 e. The van der Waals surface area contributed by atoms with Gasteiger partial charge in [0.1, 0.15) is 0 Å². The average Bonchev–Trinajstić information content (AvgIpc) is 2.44. The number of H-pyrrole nitrogens is 1. The largest absolute Gasteiger partial charge is 0.328 e. The van der Waals surface area contributed by atoms with Crippen LogP contribution in [0.1, 0.15) is 50.3 Å². The first-order valence-corrected chi connectivity index (χ1v) is 6.01. The lowest BCUT2D eigenvalue weighted by Gasteiger charge is -2.16. The maximum absolute atomic E-state index is 11.8. The molecule has 1 aliphatic rings. The Morgan fingerprint density at radius 2 is 1.81 bits per heavy atom. The zero-order valence-electron chi connectivity index (χ0n) is 9.66. The van der Waals surface area contributed by atoms with E-state index in [-0.39, 0.29) is 17.3 Å². The van der Waals surface area contributed by atoms with Gasteiger partial charge in [0, 0.05) is 17.8 Å². The van der Waals surface area contributed by atoms with E-state index < -0.39 is 0 Å². The molecule has 0 atom stereocenters. The molecule has 1 fully saturated rings. The van der Waals surface area contributed by atoms with E-state index in [1.165, 1.54) is 23.5 Å². The van der Waals surface area contributed by atoms with Gasteiger partial charge < -0.3 is 4.98 Å². The predicted octanol–water partition coefficient (Wildman–Crippen LogP) is 1.74. The van der Waals surface area contributed by atoms with Crippen molar-refractivity contribution in [3.8, 4) is 0 Å². The first kappa shape index (κ1) is 11.2. The Kier molecular flexibility index (Phi) is 3.27. The molecule has 0 spiro atoms. The summed E-state index contributed by atoms with van der Waals surface area (Å²) in [6.45, 7) is 1.74. The molecule has 1 N–H and O–H groups in total. The average molecular weight is 222 g/mol. The molecule has 4 nitrogen and oxygen atoms in total. The maximum Gasteiger partial charge on any atom is 0.328 e. The summed E-state index contributed by atoms with van der Waals surface area (Å²) < 4.78 is 1.40. The van der Waals surface area contributed by atoms with E-state index in [0.29, 0.717) is 5.69 Å². The van der Waals surface area contributed by atoms with Crippen LogP contribution in [0.25, 0.3) is 0 Å². The topological polar surface area (TPSA) is 54.9 Å². The van der Waals surface area contributed by atoms with Gasteiger partial charge in [-0.25, -0.2) is 4.79 Å². The molecule has 1 saturated carbocycles. The Morgan fingerprint density at radius 3 is 2.38 bits per heavy atom. The number of nitrogens with zero attached hydrogens (tertiary/aromatic N) is 1. The van der Waals surface area contributed by atoms with Crippen molar-refractivity contribution in [1.82, 2.24) is 9.55 Å². The van der Waals surface area contributed by atoms with Crippen molar-refractivity contribution in [1.29, 1.82) is 0 Å². The summed E-state index contributed by atoms with van der Waals surface area (Å²) in [6.07, 6.45) is 6.57. The van der Waals surface area contributed by atoms with Gasteiger partial charge in [0.15, 0.2) is 0 Å². The van der Waals surface area contributed by atoms with Crippen LogP contribution in [0.15, 0.2) is 15.7 Å². The molecule has 0 bridgehead atoms. The minimum atomic E-state index is -0.253. The van der Waals surface area contributed by atoms with Crippen molar-refractivity contribution >= 4 is 0 Å². The molecule has 1 aromatic rings. The van der Waals surface area contributed by atoms with E-state index in [1.54, 1.807) is 6.92 Å². The number of nitrogens with one attached hydrogen (secondary N) is 1. The first-order chi connectivity index (χ1) is 7.68. The Labute approximate surface area is 94.3 Å². The van der Waals surface area contributed by atoms with Crippen molar-refractivity contribution in [2.75, 3.05) is 0 Å². The molecular formula is C12H18N2O2. The molecule has 2 rings (SSSR count). The zero-order chi connectivity index (χ0) is 11.5. The third-order valence-electron chi connectivity index (χ3n) is 3.29. The van der Waals surface area contributed by atoms with E-state index in [9.17, 15) is 9.59 Å². The number of hydrogen-bond donors (Lipinski definition) is 1. The van der Waals surface area contributed by atoms with Crippen LogP contribution in [0.3, 0.4) is 0 Å². The number of aromatic nitrogens is 2. The van der Waals surface area contributed by atoms with Crippen LogP contribution in [0.5, 0.6) is 0 Å². The van der Waals surface area contributed by atoms with Crippen molar-refractivity contribution < 1.29 is 0 Å². The molecule has 4 heteroatoms. The van der Waals surface area contributed by atoms with E-state index in [4.69, 9.17) is 0 Å². The van der Waals surface area contributed by atoms with E-state index >= 15 is 0 Å². The van der Waals surface area contributed by atoms with Gasteiger partial charge in [0.2, 0.25) is 0 Å². The van der Waals surface area contributed by atoms with Crippen LogP contribution in [0.4, 0.5) is 0 Å². The second-order valence-corrected chi connectivity index (χ2v) is 4.61. The lowest BCUT2D eigenvalue weighted by atomic mass is 10.1. The van der Waals surface area contributed by atoms with E-state index in [2.05, 4.69) is 4.98 Å².